The van der Waals surface area contributed by atoms with Gasteiger partial charge in [0.2, 0.25) is 15.9 Å². The van der Waals surface area contributed by atoms with Crippen molar-refractivity contribution in [3.05, 3.63) is 16.1 Å². The summed E-state index contributed by atoms with van der Waals surface area (Å²) in [5.74, 6) is -0.345. The number of sulfonamides is 1. The molecule has 0 aliphatic rings. The van der Waals surface area contributed by atoms with Crippen molar-refractivity contribution in [1.29, 1.82) is 0 Å². The molecule has 0 saturated heterocycles. The Kier molecular flexibility index (Phi) is 5.51. The molecule has 1 aromatic heterocycles. The Bertz CT molecular complexity index is 602. The van der Waals surface area contributed by atoms with Crippen molar-refractivity contribution < 1.29 is 13.2 Å². The average molecular weight is 333 g/mol. The van der Waals surface area contributed by atoms with Crippen LogP contribution in [-0.2, 0) is 20.2 Å². The minimum Gasteiger partial charge on any atom is -0.346 e. The number of carbonyl (C=O) groups excluding carboxylic acids is 1. The van der Waals surface area contributed by atoms with Gasteiger partial charge in [0.05, 0.1) is 24.5 Å². The molecule has 1 N–H and O–H groups in total. The van der Waals surface area contributed by atoms with Crippen molar-refractivity contribution in [2.75, 3.05) is 19.8 Å². The second-order valence-electron chi connectivity index (χ2n) is 6.13. The monoisotopic (exact) mass is 333 g/mol. The van der Waals surface area contributed by atoms with Crippen LogP contribution in [-0.4, -0.2) is 43.5 Å². The van der Waals surface area contributed by atoms with Crippen molar-refractivity contribution >= 4 is 27.3 Å². The minimum atomic E-state index is -3.35. The van der Waals surface area contributed by atoms with Crippen LogP contribution in [0.5, 0.6) is 0 Å². The van der Waals surface area contributed by atoms with Gasteiger partial charge in [-0.2, -0.15) is 4.31 Å². The Morgan fingerprint density at radius 3 is 2.48 bits per heavy atom. The molecule has 1 amide bonds. The highest BCUT2D eigenvalue weighted by molar-refractivity contribution is 7.88. The first kappa shape index (κ1) is 18.1. The molecule has 0 aliphatic heterocycles. The van der Waals surface area contributed by atoms with E-state index in [1.165, 1.54) is 18.4 Å². The lowest BCUT2D eigenvalue weighted by Gasteiger charge is -2.17. The van der Waals surface area contributed by atoms with E-state index in [4.69, 9.17) is 0 Å². The lowest BCUT2D eigenvalue weighted by atomic mass is 9.93. The molecule has 1 atom stereocenters. The molecular formula is C13H23N3O3S2. The van der Waals surface area contributed by atoms with Gasteiger partial charge in [-0.3, -0.25) is 4.79 Å². The summed E-state index contributed by atoms with van der Waals surface area (Å²) in [5, 5.41) is 5.57. The SMILES string of the molecule is C[C@@H](NC(=O)CN(C)S(C)(=O)=O)c1nc(C(C)(C)C)cs1. The summed E-state index contributed by atoms with van der Waals surface area (Å²) in [6, 6.07) is -0.244. The first-order valence-electron chi connectivity index (χ1n) is 6.58. The van der Waals surface area contributed by atoms with Crippen LogP contribution < -0.4 is 5.32 Å². The Balaban J connectivity index is 2.67. The maximum absolute atomic E-state index is 11.8. The van der Waals surface area contributed by atoms with E-state index in [-0.39, 0.29) is 23.9 Å². The maximum atomic E-state index is 11.8. The highest BCUT2D eigenvalue weighted by Crippen LogP contribution is 2.26. The number of hydrogen-bond donors (Lipinski definition) is 1. The van der Waals surface area contributed by atoms with E-state index >= 15 is 0 Å². The standard InChI is InChI=1S/C13H23N3O3S2/c1-9(12-15-10(8-20-12)13(2,3)4)14-11(17)7-16(5)21(6,18)19/h8-9H,7H2,1-6H3,(H,14,17)/t9-/m1/s1. The quantitative estimate of drug-likeness (QED) is 0.886. The Labute approximate surface area is 130 Å². The lowest BCUT2D eigenvalue weighted by Crippen LogP contribution is -2.38. The summed E-state index contributed by atoms with van der Waals surface area (Å²) in [6.45, 7) is 7.88. The molecule has 1 heterocycles. The second-order valence-corrected chi connectivity index (χ2v) is 9.11. The van der Waals surface area contributed by atoms with Crippen LogP contribution in [0.4, 0.5) is 0 Å². The van der Waals surface area contributed by atoms with E-state index in [2.05, 4.69) is 31.1 Å². The molecule has 0 spiro atoms. The molecule has 0 radical (unpaired) electrons. The smallest absolute Gasteiger partial charge is 0.235 e. The van der Waals surface area contributed by atoms with E-state index in [1.807, 2.05) is 12.3 Å². The van der Waals surface area contributed by atoms with Gasteiger partial charge in [0.15, 0.2) is 0 Å². The van der Waals surface area contributed by atoms with E-state index in [1.54, 1.807) is 0 Å². The van der Waals surface area contributed by atoms with Gasteiger partial charge in [-0.1, -0.05) is 20.8 Å². The second kappa shape index (κ2) is 6.41. The van der Waals surface area contributed by atoms with E-state index in [0.29, 0.717) is 0 Å². The molecular weight excluding hydrogens is 310 g/mol. The van der Waals surface area contributed by atoms with Crippen molar-refractivity contribution in [3.8, 4) is 0 Å². The van der Waals surface area contributed by atoms with Crippen LogP contribution in [0.1, 0.15) is 44.4 Å². The molecule has 8 heteroatoms. The largest absolute Gasteiger partial charge is 0.346 e. The summed E-state index contributed by atoms with van der Waals surface area (Å²) in [4.78, 5) is 16.4. The zero-order chi connectivity index (χ0) is 16.4. The fourth-order valence-electron chi connectivity index (χ4n) is 1.50. The molecule has 1 aromatic rings. The zero-order valence-electron chi connectivity index (χ0n) is 13.3. The molecule has 0 saturated carbocycles. The van der Waals surface area contributed by atoms with E-state index in [0.717, 1.165) is 21.3 Å². The number of aromatic nitrogens is 1. The van der Waals surface area contributed by atoms with Crippen molar-refractivity contribution in [2.45, 2.75) is 39.2 Å². The van der Waals surface area contributed by atoms with Gasteiger partial charge in [0.1, 0.15) is 5.01 Å². The minimum absolute atomic E-state index is 0.0328. The van der Waals surface area contributed by atoms with Gasteiger partial charge < -0.3 is 5.32 Å². The van der Waals surface area contributed by atoms with Crippen LogP contribution >= 0.6 is 11.3 Å². The van der Waals surface area contributed by atoms with Crippen molar-refractivity contribution in [3.63, 3.8) is 0 Å². The summed E-state index contributed by atoms with van der Waals surface area (Å²) in [7, 11) is -1.98. The topological polar surface area (TPSA) is 79.4 Å². The number of thiazole rings is 1. The van der Waals surface area contributed by atoms with E-state index in [9.17, 15) is 13.2 Å². The fourth-order valence-corrected chi connectivity index (χ4v) is 2.90. The summed E-state index contributed by atoms with van der Waals surface area (Å²) in [6.07, 6.45) is 1.07. The molecule has 0 fully saturated rings. The molecule has 0 aromatic carbocycles. The summed E-state index contributed by atoms with van der Waals surface area (Å²) >= 11 is 1.49. The first-order valence-corrected chi connectivity index (χ1v) is 9.30. The molecule has 0 unspecified atom stereocenters. The number of rotatable bonds is 5. The third-order valence-corrected chi connectivity index (χ3v) is 5.26. The van der Waals surface area contributed by atoms with Crippen LogP contribution in [0, 0.1) is 0 Å². The number of nitrogens with one attached hydrogen (secondary N) is 1. The van der Waals surface area contributed by atoms with E-state index < -0.39 is 10.0 Å². The van der Waals surface area contributed by atoms with Gasteiger partial charge in [-0.05, 0) is 6.92 Å². The molecule has 1 rings (SSSR count). The van der Waals surface area contributed by atoms with Crippen LogP contribution in [0.15, 0.2) is 5.38 Å². The molecule has 21 heavy (non-hydrogen) atoms. The molecule has 0 bridgehead atoms. The normalized spacial score (nSPS) is 14.2. The third kappa shape index (κ3) is 5.37. The predicted molar refractivity (Wildman–Crippen MR) is 84.8 cm³/mol. The average Bonchev–Trinajstić information content (AvgIpc) is 2.75. The Morgan fingerprint density at radius 2 is 2.05 bits per heavy atom. The summed E-state index contributed by atoms with van der Waals surface area (Å²) < 4.78 is 23.6. The molecule has 0 aliphatic carbocycles. The highest BCUT2D eigenvalue weighted by atomic mass is 32.2. The number of amides is 1. The fraction of sp³-hybridized carbons (Fsp3) is 0.692. The van der Waals surface area contributed by atoms with Crippen molar-refractivity contribution in [1.82, 2.24) is 14.6 Å². The number of nitrogens with zero attached hydrogens (tertiary/aromatic N) is 2. The predicted octanol–water partition coefficient (Wildman–Crippen LogP) is 1.51. The number of likely N-dealkylation sites (N-methyl/N-ethyl adjacent to an activating group) is 1. The van der Waals surface area contributed by atoms with Gasteiger partial charge >= 0.3 is 0 Å². The number of carbonyl (C=O) groups is 1. The summed E-state index contributed by atoms with van der Waals surface area (Å²) in [5.41, 5.74) is 0.950. The van der Waals surface area contributed by atoms with Gasteiger partial charge in [0, 0.05) is 17.8 Å². The van der Waals surface area contributed by atoms with Crippen LogP contribution in [0.2, 0.25) is 0 Å². The molecule has 120 valence electrons. The highest BCUT2D eigenvalue weighted by Gasteiger charge is 2.21. The zero-order valence-corrected chi connectivity index (χ0v) is 14.9. The van der Waals surface area contributed by atoms with Crippen LogP contribution in [0.25, 0.3) is 0 Å². The van der Waals surface area contributed by atoms with Crippen molar-refractivity contribution in [2.24, 2.45) is 0 Å². The van der Waals surface area contributed by atoms with Gasteiger partial charge in [-0.15, -0.1) is 11.3 Å². The van der Waals surface area contributed by atoms with Gasteiger partial charge in [0.25, 0.3) is 0 Å². The third-order valence-electron chi connectivity index (χ3n) is 2.97. The Morgan fingerprint density at radius 1 is 1.48 bits per heavy atom. The Hall–Kier alpha value is -0.990. The van der Waals surface area contributed by atoms with Gasteiger partial charge in [-0.25, -0.2) is 13.4 Å². The first-order chi connectivity index (χ1) is 9.41. The molecule has 6 nitrogen and oxygen atoms in total. The lowest BCUT2D eigenvalue weighted by molar-refractivity contribution is -0.121. The number of hydrogen-bond acceptors (Lipinski definition) is 5. The maximum Gasteiger partial charge on any atom is 0.235 e. The van der Waals surface area contributed by atoms with Crippen LogP contribution in [0.3, 0.4) is 0 Å².